The van der Waals surface area contributed by atoms with E-state index in [4.69, 9.17) is 4.74 Å². The molecule has 0 radical (unpaired) electrons. The van der Waals surface area contributed by atoms with E-state index in [2.05, 4.69) is 10.0 Å². The van der Waals surface area contributed by atoms with Crippen LogP contribution in [0.1, 0.15) is 18.9 Å². The first-order valence-electron chi connectivity index (χ1n) is 6.76. The third-order valence-electron chi connectivity index (χ3n) is 2.96. The number of sulfonamides is 1. The zero-order valence-corrected chi connectivity index (χ0v) is 13.4. The molecule has 0 heterocycles. The van der Waals surface area contributed by atoms with Gasteiger partial charge in [-0.2, -0.15) is 4.72 Å². The molecule has 1 rings (SSSR count). The van der Waals surface area contributed by atoms with Crippen molar-refractivity contribution in [3.8, 4) is 0 Å². The van der Waals surface area contributed by atoms with Crippen molar-refractivity contribution in [2.45, 2.75) is 31.2 Å². The molecule has 0 aliphatic rings. The summed E-state index contributed by atoms with van der Waals surface area (Å²) in [5, 5.41) is 2.63. The molecule has 1 aromatic carbocycles. The van der Waals surface area contributed by atoms with Crippen molar-refractivity contribution in [3.63, 3.8) is 0 Å². The van der Waals surface area contributed by atoms with Crippen LogP contribution < -0.4 is 10.0 Å². The van der Waals surface area contributed by atoms with Crippen LogP contribution in [0.15, 0.2) is 29.2 Å². The smallest absolute Gasteiger partial charge is 0.241 e. The molecule has 0 fully saturated rings. The average molecular weight is 314 g/mol. The largest absolute Gasteiger partial charge is 0.383 e. The summed E-state index contributed by atoms with van der Waals surface area (Å²) in [6.45, 7) is 4.35. The Kier molecular flexibility index (Phi) is 6.80. The van der Waals surface area contributed by atoms with E-state index in [-0.39, 0.29) is 10.8 Å². The monoisotopic (exact) mass is 314 g/mol. The number of hydrogen-bond donors (Lipinski definition) is 2. The maximum atomic E-state index is 12.2. The molecule has 0 spiro atoms. The van der Waals surface area contributed by atoms with Crippen molar-refractivity contribution in [2.75, 3.05) is 20.3 Å². The first-order valence-corrected chi connectivity index (χ1v) is 8.24. The normalized spacial score (nSPS) is 12.9. The van der Waals surface area contributed by atoms with Crippen molar-refractivity contribution in [1.29, 1.82) is 0 Å². The number of rotatable bonds is 8. The van der Waals surface area contributed by atoms with Gasteiger partial charge in [0, 0.05) is 13.7 Å². The quantitative estimate of drug-likeness (QED) is 0.696. The molecule has 0 aromatic heterocycles. The summed E-state index contributed by atoms with van der Waals surface area (Å²) in [5.41, 5.74) is 0.971. The van der Waals surface area contributed by atoms with Gasteiger partial charge in [-0.15, -0.1) is 0 Å². The molecule has 1 aromatic rings. The van der Waals surface area contributed by atoms with E-state index >= 15 is 0 Å². The van der Waals surface area contributed by atoms with Crippen molar-refractivity contribution in [3.05, 3.63) is 29.8 Å². The molecule has 0 aliphatic heterocycles. The van der Waals surface area contributed by atoms with Gasteiger partial charge in [0.25, 0.3) is 0 Å². The van der Waals surface area contributed by atoms with Crippen LogP contribution in [0.25, 0.3) is 0 Å². The molecular formula is C14H22N2O4S. The van der Waals surface area contributed by atoms with Crippen LogP contribution in [0, 0.1) is 6.92 Å². The zero-order chi connectivity index (χ0) is 15.9. The lowest BCUT2D eigenvalue weighted by atomic mass is 10.2. The standard InChI is InChI=1S/C14H22N2O4S/c1-4-13(14(17)15-9-10-20-3)16-21(18,19)12-7-5-11(2)6-8-12/h5-8,13,16H,4,9-10H2,1-3H3,(H,15,17)/t13-/m1/s1. The highest BCUT2D eigenvalue weighted by Crippen LogP contribution is 2.11. The summed E-state index contributed by atoms with van der Waals surface area (Å²) >= 11 is 0. The minimum absolute atomic E-state index is 0.149. The lowest BCUT2D eigenvalue weighted by Gasteiger charge is -2.17. The van der Waals surface area contributed by atoms with Crippen LogP contribution in [0.4, 0.5) is 0 Å². The molecule has 7 heteroatoms. The van der Waals surface area contributed by atoms with Gasteiger partial charge in [0.2, 0.25) is 15.9 Å². The number of benzene rings is 1. The summed E-state index contributed by atoms with van der Waals surface area (Å²) < 4.78 is 31.7. The van der Waals surface area contributed by atoms with Gasteiger partial charge in [-0.3, -0.25) is 4.79 Å². The van der Waals surface area contributed by atoms with Crippen LogP contribution in [0.2, 0.25) is 0 Å². The molecule has 6 nitrogen and oxygen atoms in total. The minimum Gasteiger partial charge on any atom is -0.383 e. The van der Waals surface area contributed by atoms with Gasteiger partial charge in [0.15, 0.2) is 0 Å². The molecule has 2 N–H and O–H groups in total. The SMILES string of the molecule is CC[C@@H](NS(=O)(=O)c1ccc(C)cc1)C(=O)NCCOC. The molecule has 0 bridgehead atoms. The maximum Gasteiger partial charge on any atom is 0.241 e. The molecule has 21 heavy (non-hydrogen) atoms. The summed E-state index contributed by atoms with van der Waals surface area (Å²) in [7, 11) is -2.17. The molecule has 118 valence electrons. The van der Waals surface area contributed by atoms with Crippen LogP contribution >= 0.6 is 0 Å². The third-order valence-corrected chi connectivity index (χ3v) is 4.45. The Morgan fingerprint density at radius 2 is 1.90 bits per heavy atom. The lowest BCUT2D eigenvalue weighted by Crippen LogP contribution is -2.46. The molecule has 1 amide bonds. The van der Waals surface area contributed by atoms with Gasteiger partial charge in [-0.25, -0.2) is 8.42 Å². The summed E-state index contributed by atoms with van der Waals surface area (Å²) in [5.74, 6) is -0.356. The van der Waals surface area contributed by atoms with Crippen molar-refractivity contribution in [2.24, 2.45) is 0 Å². The molecule has 0 unspecified atom stereocenters. The molecule has 1 atom stereocenters. The van der Waals surface area contributed by atoms with Gasteiger partial charge in [-0.05, 0) is 25.5 Å². The number of carbonyl (C=O) groups is 1. The number of amides is 1. The molecule has 0 aliphatic carbocycles. The Bertz CT molecular complexity index is 555. The maximum absolute atomic E-state index is 12.2. The topological polar surface area (TPSA) is 84.5 Å². The Labute approximate surface area is 125 Å². The van der Waals surface area contributed by atoms with Gasteiger partial charge >= 0.3 is 0 Å². The van der Waals surface area contributed by atoms with Gasteiger partial charge in [-0.1, -0.05) is 24.6 Å². The van der Waals surface area contributed by atoms with Gasteiger partial charge in [0.1, 0.15) is 6.04 Å². The zero-order valence-electron chi connectivity index (χ0n) is 12.5. The van der Waals surface area contributed by atoms with Crippen LogP contribution in [0.3, 0.4) is 0 Å². The number of carbonyl (C=O) groups excluding carboxylic acids is 1. The highest BCUT2D eigenvalue weighted by molar-refractivity contribution is 7.89. The summed E-state index contributed by atoms with van der Waals surface area (Å²) in [6, 6.07) is 5.68. The van der Waals surface area contributed by atoms with Gasteiger partial charge < -0.3 is 10.1 Å². The second kappa shape index (κ2) is 8.11. The number of hydrogen-bond acceptors (Lipinski definition) is 4. The fraction of sp³-hybridized carbons (Fsp3) is 0.500. The number of ether oxygens (including phenoxy) is 1. The molecular weight excluding hydrogens is 292 g/mol. The lowest BCUT2D eigenvalue weighted by molar-refractivity contribution is -0.122. The Hall–Kier alpha value is -1.44. The minimum atomic E-state index is -3.71. The van der Waals surface area contributed by atoms with E-state index in [0.29, 0.717) is 19.6 Å². The van der Waals surface area contributed by atoms with E-state index in [1.807, 2.05) is 6.92 Å². The van der Waals surface area contributed by atoms with Crippen LogP contribution in [-0.2, 0) is 19.6 Å². The molecule has 0 saturated heterocycles. The van der Waals surface area contributed by atoms with E-state index in [9.17, 15) is 13.2 Å². The highest BCUT2D eigenvalue weighted by atomic mass is 32.2. The van der Waals surface area contributed by atoms with E-state index in [1.54, 1.807) is 19.1 Å². The second-order valence-corrected chi connectivity index (χ2v) is 6.39. The predicted octanol–water partition coefficient (Wildman–Crippen LogP) is 0.815. The Balaban J connectivity index is 2.75. The van der Waals surface area contributed by atoms with Crippen molar-refractivity contribution in [1.82, 2.24) is 10.0 Å². The van der Waals surface area contributed by atoms with E-state index in [0.717, 1.165) is 5.56 Å². The van der Waals surface area contributed by atoms with Crippen molar-refractivity contribution < 1.29 is 17.9 Å². The number of nitrogens with one attached hydrogen (secondary N) is 2. The van der Waals surface area contributed by atoms with E-state index in [1.165, 1.54) is 19.2 Å². The summed E-state index contributed by atoms with van der Waals surface area (Å²) in [4.78, 5) is 12.1. The molecule has 0 saturated carbocycles. The number of aryl methyl sites for hydroxylation is 1. The van der Waals surface area contributed by atoms with Crippen LogP contribution in [0.5, 0.6) is 0 Å². The second-order valence-electron chi connectivity index (χ2n) is 4.68. The van der Waals surface area contributed by atoms with Crippen LogP contribution in [-0.4, -0.2) is 40.6 Å². The Morgan fingerprint density at radius 1 is 1.29 bits per heavy atom. The van der Waals surface area contributed by atoms with Gasteiger partial charge in [0.05, 0.1) is 11.5 Å². The van der Waals surface area contributed by atoms with Crippen molar-refractivity contribution >= 4 is 15.9 Å². The average Bonchev–Trinajstić information content (AvgIpc) is 2.45. The first-order chi connectivity index (χ1) is 9.90. The number of methoxy groups -OCH3 is 1. The fourth-order valence-electron chi connectivity index (χ4n) is 1.69. The first kappa shape index (κ1) is 17.6. The van der Waals surface area contributed by atoms with E-state index < -0.39 is 16.1 Å². The fourth-order valence-corrected chi connectivity index (χ4v) is 2.97. The third kappa shape index (κ3) is 5.45. The summed E-state index contributed by atoms with van der Waals surface area (Å²) in [6.07, 6.45) is 0.365. The highest BCUT2D eigenvalue weighted by Gasteiger charge is 2.23. The predicted molar refractivity (Wildman–Crippen MR) is 80.5 cm³/mol. The Morgan fingerprint density at radius 3 is 2.43 bits per heavy atom.